The van der Waals surface area contributed by atoms with Crippen molar-refractivity contribution < 1.29 is 28.5 Å². The second kappa shape index (κ2) is 16.1. The van der Waals surface area contributed by atoms with Crippen molar-refractivity contribution in [1.29, 1.82) is 0 Å². The van der Waals surface area contributed by atoms with E-state index in [1.165, 1.54) is 0 Å². The molecule has 1 saturated heterocycles. The number of halogens is 2. The average Bonchev–Trinajstić information content (AvgIpc) is 3.31. The molecule has 1 aromatic heterocycles. The number of ether oxygens (including phenoxy) is 4. The van der Waals surface area contributed by atoms with Crippen molar-refractivity contribution >= 4 is 46.8 Å². The first-order valence-electron chi connectivity index (χ1n) is 15.1. The fourth-order valence-electron chi connectivity index (χ4n) is 5.50. The molecule has 3 aromatic carbocycles. The Morgan fingerprint density at radius 2 is 1.73 bits per heavy atom. The van der Waals surface area contributed by atoms with E-state index in [0.717, 1.165) is 48.3 Å². The first-order chi connectivity index (χ1) is 21.4. The van der Waals surface area contributed by atoms with Gasteiger partial charge in [0.25, 0.3) is 5.91 Å². The molecule has 0 radical (unpaired) electrons. The monoisotopic (exact) mass is 654 g/mol. The van der Waals surface area contributed by atoms with Gasteiger partial charge in [-0.2, -0.15) is 0 Å². The average molecular weight is 656 g/mol. The zero-order valence-corrected chi connectivity index (χ0v) is 27.5. The van der Waals surface area contributed by atoms with Crippen molar-refractivity contribution in [1.82, 2.24) is 9.47 Å². The van der Waals surface area contributed by atoms with Gasteiger partial charge in [0.1, 0.15) is 18.1 Å². The molecule has 0 aliphatic carbocycles. The third kappa shape index (κ3) is 8.38. The van der Waals surface area contributed by atoms with Crippen LogP contribution in [0.4, 0.5) is 0 Å². The van der Waals surface area contributed by atoms with E-state index in [4.69, 9.17) is 30.5 Å². The van der Waals surface area contributed by atoms with E-state index in [1.54, 1.807) is 42.0 Å². The summed E-state index contributed by atoms with van der Waals surface area (Å²) in [4.78, 5) is 28.9. The molecule has 0 N–H and O–H groups in total. The number of morpholine rings is 1. The molecule has 0 amide bonds. The smallest absolute Gasteiger partial charge is 0.310 e. The molecule has 240 valence electrons. The minimum Gasteiger partial charge on any atom is -0.497 e. The van der Waals surface area contributed by atoms with Crippen LogP contribution in [0.25, 0.3) is 10.9 Å². The molecule has 0 saturated carbocycles. The largest absolute Gasteiger partial charge is 0.497 e. The van der Waals surface area contributed by atoms with Gasteiger partial charge >= 0.3 is 5.97 Å². The molecule has 1 aliphatic heterocycles. The molecule has 1 fully saturated rings. The highest BCUT2D eigenvalue weighted by molar-refractivity contribution is 6.30. The summed E-state index contributed by atoms with van der Waals surface area (Å²) in [5.74, 6) is 0.962. The Morgan fingerprint density at radius 1 is 1.00 bits per heavy atom. The van der Waals surface area contributed by atoms with E-state index in [-0.39, 0.29) is 43.4 Å². The quantitative estimate of drug-likeness (QED) is 0.120. The van der Waals surface area contributed by atoms with E-state index < -0.39 is 0 Å². The number of hydrogen-bond donors (Lipinski definition) is 0. The summed E-state index contributed by atoms with van der Waals surface area (Å²) < 4.78 is 24.6. The van der Waals surface area contributed by atoms with Crippen LogP contribution in [0.15, 0.2) is 66.7 Å². The summed E-state index contributed by atoms with van der Waals surface area (Å²) in [6.07, 6.45) is 2.12. The van der Waals surface area contributed by atoms with Gasteiger partial charge in [-0.3, -0.25) is 19.1 Å². The molecule has 4 aromatic rings. The number of aromatic nitrogens is 1. The lowest BCUT2D eigenvalue weighted by atomic mass is 10.1. The van der Waals surface area contributed by atoms with Gasteiger partial charge < -0.3 is 18.9 Å². The second-order valence-electron chi connectivity index (χ2n) is 10.9. The normalized spacial score (nSPS) is 15.0. The van der Waals surface area contributed by atoms with E-state index in [2.05, 4.69) is 24.0 Å². The summed E-state index contributed by atoms with van der Waals surface area (Å²) >= 11 is 6.04. The maximum absolute atomic E-state index is 13.5. The van der Waals surface area contributed by atoms with Gasteiger partial charge in [-0.15, -0.1) is 12.4 Å². The Labute approximate surface area is 275 Å². The Kier molecular flexibility index (Phi) is 12.3. The van der Waals surface area contributed by atoms with E-state index in [9.17, 15) is 9.59 Å². The Balaban J connectivity index is 0.00000461. The van der Waals surface area contributed by atoms with Crippen molar-refractivity contribution in [3.63, 3.8) is 0 Å². The molecule has 2 heterocycles. The van der Waals surface area contributed by atoms with Crippen LogP contribution in [0, 0.1) is 6.92 Å². The molecular weight excluding hydrogens is 615 g/mol. The van der Waals surface area contributed by atoms with E-state index in [0.29, 0.717) is 47.2 Å². The van der Waals surface area contributed by atoms with Crippen molar-refractivity contribution in [2.75, 3.05) is 46.6 Å². The standard InChI is InChI=1S/C35H39ClN2O6.ClH/c1-4-5-18-42-28-12-8-25(9-13-28)33-23-37(16-19-43-33)17-20-44-34(39)22-30-24(2)38(32-15-14-29(41-3)21-31(30)32)35(40)26-6-10-27(36)11-7-26;/h6-15,21,33H,4-5,16-20,22-23H2,1-3H3;1H. The number of methoxy groups -OCH3 is 1. The number of esters is 1. The number of carbonyl (C=O) groups is 2. The van der Waals surface area contributed by atoms with Gasteiger partial charge in [0.2, 0.25) is 0 Å². The number of hydrogen-bond acceptors (Lipinski definition) is 7. The molecule has 10 heteroatoms. The molecule has 1 aliphatic rings. The zero-order chi connectivity index (χ0) is 31.1. The van der Waals surface area contributed by atoms with Crippen LogP contribution in [-0.4, -0.2) is 67.9 Å². The molecule has 1 unspecified atom stereocenters. The van der Waals surface area contributed by atoms with Crippen LogP contribution in [0.5, 0.6) is 11.5 Å². The summed E-state index contributed by atoms with van der Waals surface area (Å²) in [7, 11) is 1.59. The van der Waals surface area contributed by atoms with Gasteiger partial charge in [-0.25, -0.2) is 0 Å². The van der Waals surface area contributed by atoms with Crippen molar-refractivity contribution in [3.05, 3.63) is 94.1 Å². The maximum Gasteiger partial charge on any atom is 0.310 e. The molecule has 45 heavy (non-hydrogen) atoms. The molecule has 0 bridgehead atoms. The van der Waals surface area contributed by atoms with Crippen LogP contribution in [0.3, 0.4) is 0 Å². The Morgan fingerprint density at radius 3 is 2.44 bits per heavy atom. The zero-order valence-electron chi connectivity index (χ0n) is 25.9. The molecule has 1 atom stereocenters. The van der Waals surface area contributed by atoms with Crippen LogP contribution in [0.2, 0.25) is 5.02 Å². The van der Waals surface area contributed by atoms with Crippen LogP contribution in [0.1, 0.15) is 53.0 Å². The topological polar surface area (TPSA) is 79.2 Å². The third-order valence-corrected chi connectivity index (χ3v) is 8.25. The van der Waals surface area contributed by atoms with Gasteiger partial charge in [0.05, 0.1) is 38.4 Å². The van der Waals surface area contributed by atoms with Crippen LogP contribution >= 0.6 is 24.0 Å². The van der Waals surface area contributed by atoms with Crippen LogP contribution < -0.4 is 9.47 Å². The van der Waals surface area contributed by atoms with Gasteiger partial charge in [-0.1, -0.05) is 37.1 Å². The number of fused-ring (bicyclic) bond motifs is 1. The van der Waals surface area contributed by atoms with Crippen LogP contribution in [-0.2, 0) is 20.7 Å². The summed E-state index contributed by atoms with van der Waals surface area (Å²) in [5.41, 5.74) is 3.72. The van der Waals surface area contributed by atoms with Crippen molar-refractivity contribution in [2.45, 2.75) is 39.2 Å². The summed E-state index contributed by atoms with van der Waals surface area (Å²) in [6, 6.07) is 20.4. The van der Waals surface area contributed by atoms with Crippen molar-refractivity contribution in [3.8, 4) is 11.5 Å². The third-order valence-electron chi connectivity index (χ3n) is 8.00. The minimum atomic E-state index is -0.350. The number of unbranched alkanes of at least 4 members (excludes halogenated alkanes) is 1. The van der Waals surface area contributed by atoms with Crippen molar-refractivity contribution in [2.24, 2.45) is 0 Å². The highest BCUT2D eigenvalue weighted by atomic mass is 35.5. The molecular formula is C35H40Cl2N2O6. The highest BCUT2D eigenvalue weighted by Gasteiger charge is 2.24. The summed E-state index contributed by atoms with van der Waals surface area (Å²) in [6.45, 7) is 7.67. The first-order valence-corrected chi connectivity index (χ1v) is 15.5. The lowest BCUT2D eigenvalue weighted by Gasteiger charge is -2.33. The maximum atomic E-state index is 13.5. The predicted molar refractivity (Wildman–Crippen MR) is 178 cm³/mol. The predicted octanol–water partition coefficient (Wildman–Crippen LogP) is 7.06. The second-order valence-corrected chi connectivity index (χ2v) is 11.4. The lowest BCUT2D eigenvalue weighted by Crippen LogP contribution is -2.40. The van der Waals surface area contributed by atoms with Gasteiger partial charge in [0.15, 0.2) is 0 Å². The SMILES string of the molecule is CCCCOc1ccc(C2CN(CCOC(=O)Cc3c(C)n(C(=O)c4ccc(Cl)cc4)c4ccc(OC)cc34)CCO2)cc1.Cl. The number of carbonyl (C=O) groups excluding carboxylic acids is 2. The summed E-state index contributed by atoms with van der Waals surface area (Å²) in [5, 5.41) is 1.33. The van der Waals surface area contributed by atoms with E-state index >= 15 is 0 Å². The molecule has 8 nitrogen and oxygen atoms in total. The fraction of sp³-hybridized carbons (Fsp3) is 0.371. The Bertz CT molecular complexity index is 1590. The minimum absolute atomic E-state index is 0. The number of benzene rings is 3. The lowest BCUT2D eigenvalue weighted by molar-refractivity contribution is -0.143. The highest BCUT2D eigenvalue weighted by Crippen LogP contribution is 2.31. The van der Waals surface area contributed by atoms with Gasteiger partial charge in [-0.05, 0) is 79.1 Å². The Hall–Kier alpha value is -3.56. The molecule has 0 spiro atoms. The van der Waals surface area contributed by atoms with Gasteiger partial charge in [0, 0.05) is 41.3 Å². The number of nitrogens with zero attached hydrogens (tertiary/aromatic N) is 2. The van der Waals surface area contributed by atoms with E-state index in [1.807, 2.05) is 31.2 Å². The first kappa shape index (κ1) is 34.3. The molecule has 5 rings (SSSR count). The number of rotatable bonds is 12. The fourth-order valence-corrected chi connectivity index (χ4v) is 5.63.